The van der Waals surface area contributed by atoms with Gasteiger partial charge in [-0.1, -0.05) is 24.6 Å². The van der Waals surface area contributed by atoms with E-state index in [0.717, 1.165) is 12.0 Å². The van der Waals surface area contributed by atoms with Crippen LogP contribution >= 0.6 is 0 Å². The molecule has 2 aromatic carbocycles. The van der Waals surface area contributed by atoms with E-state index in [0.29, 0.717) is 29.2 Å². The summed E-state index contributed by atoms with van der Waals surface area (Å²) in [7, 11) is -2.15. The third kappa shape index (κ3) is 4.98. The number of benzene rings is 2. The first kappa shape index (κ1) is 19.8. The summed E-state index contributed by atoms with van der Waals surface area (Å²) in [4.78, 5) is 2.46. The predicted octanol–water partition coefficient (Wildman–Crippen LogP) is 3.41. The Hall–Kier alpha value is -2.54. The molecule has 0 spiro atoms. The number of aryl methyl sites for hydroxylation is 2. The molecule has 0 saturated carbocycles. The lowest BCUT2D eigenvalue weighted by Crippen LogP contribution is -2.19. The van der Waals surface area contributed by atoms with Gasteiger partial charge >= 0.3 is 0 Å². The molecule has 2 rings (SSSR count). The molecule has 0 amide bonds. The molecule has 0 atom stereocenters. The zero-order chi connectivity index (χ0) is 19.2. The quantitative estimate of drug-likeness (QED) is 0.566. The van der Waals surface area contributed by atoms with Crippen molar-refractivity contribution in [1.29, 1.82) is 0 Å². The fourth-order valence-corrected chi connectivity index (χ4v) is 3.44. The van der Waals surface area contributed by atoms with Crippen molar-refractivity contribution in [3.05, 3.63) is 53.1 Å². The van der Waals surface area contributed by atoms with Gasteiger partial charge in [-0.05, 0) is 55.7 Å². The first-order chi connectivity index (χ1) is 12.4. The highest BCUT2D eigenvalue weighted by atomic mass is 32.2. The second-order valence-corrected chi connectivity index (χ2v) is 7.51. The molecular weight excluding hydrogens is 352 g/mol. The van der Waals surface area contributed by atoms with E-state index in [9.17, 15) is 8.42 Å². The van der Waals surface area contributed by atoms with Gasteiger partial charge in [0, 0.05) is 0 Å². The van der Waals surface area contributed by atoms with Gasteiger partial charge in [-0.25, -0.2) is 4.83 Å². The van der Waals surface area contributed by atoms with Gasteiger partial charge in [0.2, 0.25) is 0 Å². The third-order valence-corrected chi connectivity index (χ3v) is 5.04. The molecule has 0 unspecified atom stereocenters. The number of hydrazone groups is 1. The maximum Gasteiger partial charge on any atom is 0.276 e. The molecule has 2 aromatic rings. The van der Waals surface area contributed by atoms with Crippen molar-refractivity contribution in [1.82, 2.24) is 4.83 Å². The zero-order valence-electron chi connectivity index (χ0n) is 15.4. The number of rotatable bonds is 8. The fourth-order valence-electron chi connectivity index (χ4n) is 2.42. The van der Waals surface area contributed by atoms with Crippen molar-refractivity contribution in [2.75, 3.05) is 13.7 Å². The summed E-state index contributed by atoms with van der Waals surface area (Å²) >= 11 is 0. The topological polar surface area (TPSA) is 77.0 Å². The number of ether oxygens (including phenoxy) is 2. The number of methoxy groups -OCH3 is 1. The van der Waals surface area contributed by atoms with E-state index in [2.05, 4.69) is 9.93 Å². The second-order valence-electron chi connectivity index (χ2n) is 5.88. The van der Waals surface area contributed by atoms with Crippen LogP contribution in [0.2, 0.25) is 0 Å². The maximum absolute atomic E-state index is 12.4. The minimum absolute atomic E-state index is 0.210. The van der Waals surface area contributed by atoms with Crippen LogP contribution in [0.5, 0.6) is 11.5 Å². The fraction of sp³-hybridized carbons (Fsp3) is 0.316. The Labute approximate surface area is 154 Å². The summed E-state index contributed by atoms with van der Waals surface area (Å²) in [6, 6.07) is 10.4. The Morgan fingerprint density at radius 3 is 2.54 bits per heavy atom. The predicted molar refractivity (Wildman–Crippen MR) is 103 cm³/mol. The Morgan fingerprint density at radius 1 is 1.12 bits per heavy atom. The molecule has 26 heavy (non-hydrogen) atoms. The molecule has 0 fully saturated rings. The zero-order valence-corrected chi connectivity index (χ0v) is 16.3. The number of nitrogens with zero attached hydrogens (tertiary/aromatic N) is 1. The Morgan fingerprint density at radius 2 is 1.88 bits per heavy atom. The van der Waals surface area contributed by atoms with Gasteiger partial charge in [0.05, 0.1) is 24.8 Å². The van der Waals surface area contributed by atoms with Crippen LogP contribution in [0.25, 0.3) is 0 Å². The Kier molecular flexibility index (Phi) is 6.63. The lowest BCUT2D eigenvalue weighted by molar-refractivity contribution is 0.294. The van der Waals surface area contributed by atoms with Crippen LogP contribution in [0.4, 0.5) is 0 Å². The minimum Gasteiger partial charge on any atom is -0.493 e. The van der Waals surface area contributed by atoms with Gasteiger partial charge in [0.15, 0.2) is 11.5 Å². The number of sulfonamides is 1. The van der Waals surface area contributed by atoms with Crippen LogP contribution < -0.4 is 14.3 Å². The summed E-state index contributed by atoms with van der Waals surface area (Å²) in [6.07, 6.45) is 2.30. The normalized spacial score (nSPS) is 11.5. The highest BCUT2D eigenvalue weighted by molar-refractivity contribution is 7.89. The SMILES string of the molecule is CCCOc1cc(/C=N/NS(=O)(=O)c2ccc(C)cc2C)ccc1OC. The molecule has 0 aliphatic heterocycles. The van der Waals surface area contributed by atoms with E-state index in [1.165, 1.54) is 6.21 Å². The summed E-state index contributed by atoms with van der Waals surface area (Å²) in [5.41, 5.74) is 2.37. The van der Waals surface area contributed by atoms with Gasteiger partial charge in [0.1, 0.15) is 0 Å². The van der Waals surface area contributed by atoms with E-state index < -0.39 is 10.0 Å². The van der Waals surface area contributed by atoms with E-state index in [1.807, 2.05) is 19.9 Å². The number of nitrogens with one attached hydrogen (secondary N) is 1. The molecule has 0 saturated heterocycles. The first-order valence-electron chi connectivity index (χ1n) is 8.30. The van der Waals surface area contributed by atoms with Crippen LogP contribution in [0, 0.1) is 13.8 Å². The largest absolute Gasteiger partial charge is 0.493 e. The van der Waals surface area contributed by atoms with Crippen molar-refractivity contribution in [2.45, 2.75) is 32.1 Å². The molecule has 0 radical (unpaired) electrons. The summed E-state index contributed by atoms with van der Waals surface area (Å²) < 4.78 is 35.7. The third-order valence-electron chi connectivity index (χ3n) is 3.66. The molecular formula is C19H24N2O4S. The molecule has 140 valence electrons. The average molecular weight is 376 g/mol. The van der Waals surface area contributed by atoms with Crippen molar-refractivity contribution in [3.8, 4) is 11.5 Å². The van der Waals surface area contributed by atoms with Gasteiger partial charge in [-0.3, -0.25) is 0 Å². The highest BCUT2D eigenvalue weighted by Gasteiger charge is 2.15. The Balaban J connectivity index is 2.16. The Bertz CT molecular complexity index is 892. The standard InChI is InChI=1S/C19H24N2O4S/c1-5-10-25-18-12-16(7-8-17(18)24-4)13-20-21-26(22,23)19-9-6-14(2)11-15(19)3/h6-9,11-13,21H,5,10H2,1-4H3/b20-13+. The van der Waals surface area contributed by atoms with Crippen molar-refractivity contribution >= 4 is 16.2 Å². The lowest BCUT2D eigenvalue weighted by Gasteiger charge is -2.10. The summed E-state index contributed by atoms with van der Waals surface area (Å²) in [5, 5.41) is 3.87. The van der Waals surface area contributed by atoms with E-state index >= 15 is 0 Å². The van der Waals surface area contributed by atoms with Gasteiger partial charge in [-0.15, -0.1) is 0 Å². The van der Waals surface area contributed by atoms with Crippen LogP contribution in [-0.2, 0) is 10.0 Å². The molecule has 0 heterocycles. The maximum atomic E-state index is 12.4. The molecule has 1 N–H and O–H groups in total. The highest BCUT2D eigenvalue weighted by Crippen LogP contribution is 2.27. The van der Waals surface area contributed by atoms with Gasteiger partial charge in [-0.2, -0.15) is 13.5 Å². The first-order valence-corrected chi connectivity index (χ1v) is 9.78. The molecule has 0 aliphatic carbocycles. The minimum atomic E-state index is -3.72. The summed E-state index contributed by atoms with van der Waals surface area (Å²) in [5.74, 6) is 1.21. The van der Waals surface area contributed by atoms with Crippen LogP contribution in [-0.4, -0.2) is 28.3 Å². The van der Waals surface area contributed by atoms with Gasteiger partial charge < -0.3 is 9.47 Å². The van der Waals surface area contributed by atoms with E-state index in [4.69, 9.17) is 9.47 Å². The average Bonchev–Trinajstić information content (AvgIpc) is 2.59. The molecule has 0 aliphatic rings. The van der Waals surface area contributed by atoms with E-state index in [1.54, 1.807) is 44.4 Å². The molecule has 6 nitrogen and oxygen atoms in total. The monoisotopic (exact) mass is 376 g/mol. The number of hydrogen-bond acceptors (Lipinski definition) is 5. The molecule has 0 aromatic heterocycles. The van der Waals surface area contributed by atoms with Crippen molar-refractivity contribution < 1.29 is 17.9 Å². The van der Waals surface area contributed by atoms with E-state index in [-0.39, 0.29) is 4.90 Å². The van der Waals surface area contributed by atoms with Crippen LogP contribution in [0.1, 0.15) is 30.0 Å². The summed E-state index contributed by atoms with van der Waals surface area (Å²) in [6.45, 7) is 6.25. The van der Waals surface area contributed by atoms with Crippen molar-refractivity contribution in [2.24, 2.45) is 5.10 Å². The van der Waals surface area contributed by atoms with Gasteiger partial charge in [0.25, 0.3) is 10.0 Å². The lowest BCUT2D eigenvalue weighted by atomic mass is 10.2. The second kappa shape index (κ2) is 8.71. The van der Waals surface area contributed by atoms with Crippen molar-refractivity contribution in [3.63, 3.8) is 0 Å². The number of hydrogen-bond donors (Lipinski definition) is 1. The molecule has 7 heteroatoms. The van der Waals surface area contributed by atoms with Crippen LogP contribution in [0.3, 0.4) is 0 Å². The van der Waals surface area contributed by atoms with Crippen LogP contribution in [0.15, 0.2) is 46.4 Å². The smallest absolute Gasteiger partial charge is 0.276 e. The molecule has 0 bridgehead atoms.